The fourth-order valence-electron chi connectivity index (χ4n) is 4.00. The van der Waals surface area contributed by atoms with Crippen LogP contribution in [0.2, 0.25) is 0 Å². The number of rotatable bonds is 3. The van der Waals surface area contributed by atoms with Crippen molar-refractivity contribution in [1.29, 1.82) is 0 Å². The van der Waals surface area contributed by atoms with Crippen LogP contribution in [0.5, 0.6) is 0 Å². The molecule has 0 aromatic carbocycles. The average molecular weight is 337 g/mol. The van der Waals surface area contributed by atoms with Gasteiger partial charge in [-0.25, -0.2) is 4.98 Å². The lowest BCUT2D eigenvalue weighted by atomic mass is 9.89. The molecule has 3 heterocycles. The Morgan fingerprint density at radius 1 is 1.35 bits per heavy atom. The van der Waals surface area contributed by atoms with Crippen molar-refractivity contribution in [2.24, 2.45) is 0 Å². The van der Waals surface area contributed by atoms with Crippen LogP contribution in [0, 0.1) is 0 Å². The van der Waals surface area contributed by atoms with Crippen LogP contribution < -0.4 is 10.2 Å². The number of anilines is 1. The maximum absolute atomic E-state index is 12.8. The summed E-state index contributed by atoms with van der Waals surface area (Å²) in [6.45, 7) is 2.24. The van der Waals surface area contributed by atoms with E-state index in [0.29, 0.717) is 13.2 Å². The molecular formula is C16H23N3O3S. The van der Waals surface area contributed by atoms with Gasteiger partial charge in [0.15, 0.2) is 10.9 Å². The van der Waals surface area contributed by atoms with Crippen molar-refractivity contribution in [3.8, 4) is 0 Å². The van der Waals surface area contributed by atoms with Gasteiger partial charge in [-0.3, -0.25) is 4.79 Å². The molecule has 0 bridgehead atoms. The number of carbonyl (C=O) groups excluding carboxylic acids is 1. The quantitative estimate of drug-likeness (QED) is 0.913. The van der Waals surface area contributed by atoms with E-state index in [1.165, 1.54) is 0 Å². The highest BCUT2D eigenvalue weighted by molar-refractivity contribution is 7.13. The number of hydrogen-bond acceptors (Lipinski definition) is 6. The fraction of sp³-hybridized carbons (Fsp3) is 0.750. The molecule has 0 unspecified atom stereocenters. The van der Waals surface area contributed by atoms with Crippen molar-refractivity contribution in [1.82, 2.24) is 10.3 Å². The number of thiazole rings is 1. The number of nitrogens with one attached hydrogen (secondary N) is 1. The molecule has 0 radical (unpaired) electrons. The first-order chi connectivity index (χ1) is 11.3. The summed E-state index contributed by atoms with van der Waals surface area (Å²) in [5.74, 6) is -0.321. The summed E-state index contributed by atoms with van der Waals surface area (Å²) < 4.78 is 11.6. The van der Waals surface area contributed by atoms with E-state index in [4.69, 9.17) is 9.47 Å². The monoisotopic (exact) mass is 337 g/mol. The summed E-state index contributed by atoms with van der Waals surface area (Å²) in [7, 11) is 0. The second kappa shape index (κ2) is 6.37. The topological polar surface area (TPSA) is 63.7 Å². The Labute approximate surface area is 140 Å². The van der Waals surface area contributed by atoms with Gasteiger partial charge in [-0.15, -0.1) is 11.3 Å². The number of ether oxygens (including phenoxy) is 2. The minimum absolute atomic E-state index is 0.0931. The Balaban J connectivity index is 1.39. The zero-order valence-electron chi connectivity index (χ0n) is 13.2. The standard InChI is InChI=1S/C16H23N3O3S/c20-14(13-4-2-7-19(13)15-17-6-10-23-15)18-12-3-1-5-16(11-12)21-8-9-22-16/h6,10,12-13H,1-5,7-9,11H2,(H,18,20)/t12-,13+/m0/s1. The molecule has 6 nitrogen and oxygen atoms in total. The predicted molar refractivity (Wildman–Crippen MR) is 87.5 cm³/mol. The molecule has 126 valence electrons. The molecule has 4 rings (SSSR count). The molecular weight excluding hydrogens is 314 g/mol. The highest BCUT2D eigenvalue weighted by Crippen LogP contribution is 2.36. The van der Waals surface area contributed by atoms with Gasteiger partial charge in [-0.1, -0.05) is 0 Å². The Hall–Kier alpha value is -1.18. The predicted octanol–water partition coefficient (Wildman–Crippen LogP) is 1.91. The van der Waals surface area contributed by atoms with Gasteiger partial charge in [0.25, 0.3) is 0 Å². The number of hydrogen-bond donors (Lipinski definition) is 1. The lowest BCUT2D eigenvalue weighted by molar-refractivity contribution is -0.182. The molecule has 1 spiro atoms. The molecule has 1 aromatic rings. The molecule has 1 aliphatic carbocycles. The summed E-state index contributed by atoms with van der Waals surface area (Å²) in [5.41, 5.74) is 0. The van der Waals surface area contributed by atoms with E-state index >= 15 is 0 Å². The van der Waals surface area contributed by atoms with E-state index in [1.54, 1.807) is 17.5 Å². The molecule has 3 aliphatic rings. The van der Waals surface area contributed by atoms with Gasteiger partial charge in [0.1, 0.15) is 6.04 Å². The van der Waals surface area contributed by atoms with Crippen LogP contribution in [0.4, 0.5) is 5.13 Å². The minimum atomic E-state index is -0.444. The third kappa shape index (κ3) is 3.09. The molecule has 1 saturated carbocycles. The second-order valence-electron chi connectivity index (χ2n) is 6.58. The van der Waals surface area contributed by atoms with Gasteiger partial charge in [0, 0.05) is 37.0 Å². The van der Waals surface area contributed by atoms with E-state index in [2.05, 4.69) is 15.2 Å². The average Bonchev–Trinajstić information content (AvgIpc) is 3.28. The third-order valence-corrected chi connectivity index (χ3v) is 5.86. The first-order valence-electron chi connectivity index (χ1n) is 8.50. The van der Waals surface area contributed by atoms with E-state index < -0.39 is 5.79 Å². The van der Waals surface area contributed by atoms with Crippen molar-refractivity contribution in [3.05, 3.63) is 11.6 Å². The number of amides is 1. The van der Waals surface area contributed by atoms with E-state index in [0.717, 1.165) is 50.2 Å². The van der Waals surface area contributed by atoms with Gasteiger partial charge in [-0.2, -0.15) is 0 Å². The van der Waals surface area contributed by atoms with Crippen molar-refractivity contribution >= 4 is 22.4 Å². The molecule has 2 atom stereocenters. The van der Waals surface area contributed by atoms with Gasteiger partial charge >= 0.3 is 0 Å². The highest BCUT2D eigenvalue weighted by Gasteiger charge is 2.42. The lowest BCUT2D eigenvalue weighted by Crippen LogP contribution is -2.51. The number of aromatic nitrogens is 1. The number of carbonyl (C=O) groups is 1. The maximum Gasteiger partial charge on any atom is 0.243 e. The van der Waals surface area contributed by atoms with Crippen LogP contribution in [0.15, 0.2) is 11.6 Å². The summed E-state index contributed by atoms with van der Waals surface area (Å²) in [4.78, 5) is 19.3. The Bertz CT molecular complexity index is 545. The highest BCUT2D eigenvalue weighted by atomic mass is 32.1. The second-order valence-corrected chi connectivity index (χ2v) is 7.45. The van der Waals surface area contributed by atoms with Gasteiger partial charge in [0.05, 0.1) is 13.2 Å². The Morgan fingerprint density at radius 3 is 3.00 bits per heavy atom. The van der Waals surface area contributed by atoms with Crippen molar-refractivity contribution in [2.75, 3.05) is 24.7 Å². The summed E-state index contributed by atoms with van der Waals surface area (Å²) >= 11 is 1.60. The van der Waals surface area contributed by atoms with E-state index in [1.807, 2.05) is 5.38 Å². The summed E-state index contributed by atoms with van der Waals surface area (Å²) in [6.07, 6.45) is 7.48. The fourth-order valence-corrected chi connectivity index (χ4v) is 4.72. The zero-order chi connectivity index (χ0) is 15.7. The molecule has 3 fully saturated rings. The molecule has 23 heavy (non-hydrogen) atoms. The molecule has 1 N–H and O–H groups in total. The number of nitrogens with zero attached hydrogens (tertiary/aromatic N) is 2. The van der Waals surface area contributed by atoms with E-state index in [-0.39, 0.29) is 18.0 Å². The largest absolute Gasteiger partial charge is 0.351 e. The summed E-state index contributed by atoms with van der Waals surface area (Å²) in [5, 5.41) is 6.15. The SMILES string of the molecule is O=C(N[C@H]1CCCC2(C1)OCCO2)[C@H]1CCCN1c1nccs1. The molecule has 2 saturated heterocycles. The lowest BCUT2D eigenvalue weighted by Gasteiger charge is -2.37. The van der Waals surface area contributed by atoms with Crippen molar-refractivity contribution in [2.45, 2.75) is 56.4 Å². The zero-order valence-corrected chi connectivity index (χ0v) is 14.0. The Kier molecular flexibility index (Phi) is 4.26. The Morgan fingerprint density at radius 2 is 2.22 bits per heavy atom. The minimum Gasteiger partial charge on any atom is -0.351 e. The van der Waals surface area contributed by atoms with Crippen LogP contribution >= 0.6 is 11.3 Å². The molecule has 1 amide bonds. The first-order valence-corrected chi connectivity index (χ1v) is 9.38. The van der Waals surface area contributed by atoms with Gasteiger partial charge < -0.3 is 19.7 Å². The van der Waals surface area contributed by atoms with Crippen LogP contribution in [0.1, 0.15) is 38.5 Å². The summed E-state index contributed by atoms with van der Waals surface area (Å²) in [6, 6.07) is 0.0533. The van der Waals surface area contributed by atoms with E-state index in [9.17, 15) is 4.79 Å². The van der Waals surface area contributed by atoms with Crippen molar-refractivity contribution in [3.63, 3.8) is 0 Å². The molecule has 7 heteroatoms. The van der Waals surface area contributed by atoms with Crippen molar-refractivity contribution < 1.29 is 14.3 Å². The molecule has 1 aromatic heterocycles. The molecule has 2 aliphatic heterocycles. The smallest absolute Gasteiger partial charge is 0.243 e. The van der Waals surface area contributed by atoms with Gasteiger partial charge in [-0.05, 0) is 25.7 Å². The first kappa shape index (κ1) is 15.4. The van der Waals surface area contributed by atoms with Crippen LogP contribution in [-0.2, 0) is 14.3 Å². The van der Waals surface area contributed by atoms with Gasteiger partial charge in [0.2, 0.25) is 5.91 Å². The third-order valence-electron chi connectivity index (χ3n) is 5.05. The van der Waals surface area contributed by atoms with Crippen LogP contribution in [-0.4, -0.2) is 48.5 Å². The van der Waals surface area contributed by atoms with Crippen LogP contribution in [0.25, 0.3) is 0 Å². The normalized spacial score (nSPS) is 30.0. The maximum atomic E-state index is 12.8. The van der Waals surface area contributed by atoms with Crippen LogP contribution in [0.3, 0.4) is 0 Å².